The SMILES string of the molecule is c1ccc2cc(-n3c4ccc5ccccc5c4c4c5ccccc5c5sccc5c43)ccc2c1. The Hall–Kier alpha value is -4.14. The average Bonchev–Trinajstić information content (AvgIpc) is 3.52. The molecule has 0 amide bonds. The van der Waals surface area contributed by atoms with Crippen LogP contribution in [0.1, 0.15) is 0 Å². The standard InChI is InChI=1S/C32H19NS/c1-2-9-22-19-23(15-13-20(22)7-1)33-28-16-14-21-8-3-4-10-24(21)29(28)30-25-11-5-6-12-26(25)32-27(31(30)33)17-18-34-32/h1-19H. The van der Waals surface area contributed by atoms with Gasteiger partial charge in [0.25, 0.3) is 0 Å². The number of aromatic nitrogens is 1. The van der Waals surface area contributed by atoms with Crippen LogP contribution in [0.3, 0.4) is 0 Å². The molecule has 2 heterocycles. The van der Waals surface area contributed by atoms with Crippen LogP contribution in [0.4, 0.5) is 0 Å². The summed E-state index contributed by atoms with van der Waals surface area (Å²) < 4.78 is 3.85. The number of hydrogen-bond donors (Lipinski definition) is 0. The number of nitrogens with zero attached hydrogens (tertiary/aromatic N) is 1. The molecule has 1 nitrogen and oxygen atoms in total. The first-order chi connectivity index (χ1) is 16.9. The Bertz CT molecular complexity index is 2070. The Kier molecular flexibility index (Phi) is 3.60. The van der Waals surface area contributed by atoms with Gasteiger partial charge in [0.15, 0.2) is 0 Å². The molecule has 0 aliphatic rings. The van der Waals surface area contributed by atoms with Crippen LogP contribution in [0, 0.1) is 0 Å². The van der Waals surface area contributed by atoms with Crippen LogP contribution in [0.25, 0.3) is 69.9 Å². The van der Waals surface area contributed by atoms with Crippen molar-refractivity contribution in [2.45, 2.75) is 0 Å². The van der Waals surface area contributed by atoms with Crippen LogP contribution in [0.15, 0.2) is 115 Å². The molecule has 0 saturated carbocycles. The molecular weight excluding hydrogens is 430 g/mol. The molecule has 8 aromatic rings. The molecule has 8 rings (SSSR count). The van der Waals surface area contributed by atoms with Crippen molar-refractivity contribution in [2.24, 2.45) is 0 Å². The van der Waals surface area contributed by atoms with Gasteiger partial charge in [0.05, 0.1) is 11.0 Å². The molecule has 0 aliphatic heterocycles. The highest BCUT2D eigenvalue weighted by Crippen LogP contribution is 2.45. The van der Waals surface area contributed by atoms with Gasteiger partial charge in [-0.15, -0.1) is 11.3 Å². The van der Waals surface area contributed by atoms with Crippen molar-refractivity contribution >= 4 is 75.5 Å². The predicted molar refractivity (Wildman–Crippen MR) is 149 cm³/mol. The van der Waals surface area contributed by atoms with E-state index in [2.05, 4.69) is 119 Å². The van der Waals surface area contributed by atoms with Crippen LogP contribution >= 0.6 is 11.3 Å². The summed E-state index contributed by atoms with van der Waals surface area (Å²) in [5.74, 6) is 0. The molecule has 158 valence electrons. The van der Waals surface area contributed by atoms with Gasteiger partial charge >= 0.3 is 0 Å². The van der Waals surface area contributed by atoms with Crippen LogP contribution in [0.5, 0.6) is 0 Å². The van der Waals surface area contributed by atoms with Gasteiger partial charge < -0.3 is 4.57 Å². The first kappa shape index (κ1) is 18.3. The van der Waals surface area contributed by atoms with Gasteiger partial charge in [-0.2, -0.15) is 0 Å². The Morgan fingerprint density at radius 3 is 2.09 bits per heavy atom. The summed E-state index contributed by atoms with van der Waals surface area (Å²) in [4.78, 5) is 0. The van der Waals surface area contributed by atoms with E-state index in [0.29, 0.717) is 0 Å². The Balaban J connectivity index is 1.70. The van der Waals surface area contributed by atoms with Gasteiger partial charge in [-0.3, -0.25) is 0 Å². The van der Waals surface area contributed by atoms with E-state index in [-0.39, 0.29) is 0 Å². The molecule has 2 heteroatoms. The topological polar surface area (TPSA) is 4.93 Å². The highest BCUT2D eigenvalue weighted by atomic mass is 32.1. The fourth-order valence-corrected chi connectivity index (χ4v) is 6.70. The number of thiophene rings is 1. The maximum atomic E-state index is 2.49. The zero-order valence-corrected chi connectivity index (χ0v) is 19.1. The third-order valence-corrected chi connectivity index (χ3v) is 8.16. The third kappa shape index (κ3) is 2.33. The molecule has 0 unspecified atom stereocenters. The highest BCUT2D eigenvalue weighted by Gasteiger charge is 2.21. The van der Waals surface area contributed by atoms with Crippen molar-refractivity contribution in [1.82, 2.24) is 4.57 Å². The second kappa shape index (κ2) is 6.69. The lowest BCUT2D eigenvalue weighted by molar-refractivity contribution is 1.19. The van der Waals surface area contributed by atoms with Crippen LogP contribution in [0.2, 0.25) is 0 Å². The fraction of sp³-hybridized carbons (Fsp3) is 0. The second-order valence-electron chi connectivity index (χ2n) is 8.98. The summed E-state index contributed by atoms with van der Waals surface area (Å²) in [5.41, 5.74) is 3.76. The molecule has 2 aromatic heterocycles. The zero-order chi connectivity index (χ0) is 22.2. The number of hydrogen-bond acceptors (Lipinski definition) is 1. The summed E-state index contributed by atoms with van der Waals surface area (Å²) in [5, 5.41) is 14.0. The van der Waals surface area contributed by atoms with Gasteiger partial charge in [-0.25, -0.2) is 0 Å². The van der Waals surface area contributed by atoms with Crippen molar-refractivity contribution in [2.75, 3.05) is 0 Å². The number of benzene rings is 6. The summed E-state index contributed by atoms with van der Waals surface area (Å²) in [6.45, 7) is 0. The number of fused-ring (bicyclic) bond motifs is 11. The lowest BCUT2D eigenvalue weighted by Crippen LogP contribution is -1.94. The molecule has 6 aromatic carbocycles. The largest absolute Gasteiger partial charge is 0.309 e. The molecule has 0 aliphatic carbocycles. The predicted octanol–water partition coefficient (Wildman–Crippen LogP) is 9.46. The van der Waals surface area contributed by atoms with Gasteiger partial charge in [0.1, 0.15) is 0 Å². The van der Waals surface area contributed by atoms with E-state index < -0.39 is 0 Å². The Morgan fingerprint density at radius 2 is 1.21 bits per heavy atom. The molecule has 34 heavy (non-hydrogen) atoms. The van der Waals surface area contributed by atoms with E-state index in [0.717, 1.165) is 0 Å². The third-order valence-electron chi connectivity index (χ3n) is 7.21. The summed E-state index contributed by atoms with van der Waals surface area (Å²) >= 11 is 1.84. The summed E-state index contributed by atoms with van der Waals surface area (Å²) in [7, 11) is 0. The first-order valence-corrected chi connectivity index (χ1v) is 12.5. The van der Waals surface area contributed by atoms with Crippen LogP contribution < -0.4 is 0 Å². The molecule has 0 fully saturated rings. The van der Waals surface area contributed by atoms with E-state index in [9.17, 15) is 0 Å². The Morgan fingerprint density at radius 1 is 0.500 bits per heavy atom. The van der Waals surface area contributed by atoms with Crippen molar-refractivity contribution in [3.05, 3.63) is 115 Å². The molecule has 0 atom stereocenters. The van der Waals surface area contributed by atoms with E-state index in [1.165, 1.54) is 69.9 Å². The van der Waals surface area contributed by atoms with E-state index in [1.54, 1.807) is 0 Å². The van der Waals surface area contributed by atoms with Gasteiger partial charge in [-0.1, -0.05) is 84.9 Å². The van der Waals surface area contributed by atoms with Gasteiger partial charge in [0, 0.05) is 31.9 Å². The average molecular weight is 450 g/mol. The molecular formula is C32H19NS. The normalized spacial score (nSPS) is 12.1. The lowest BCUT2D eigenvalue weighted by atomic mass is 9.98. The quantitative estimate of drug-likeness (QED) is 0.235. The maximum absolute atomic E-state index is 2.49. The second-order valence-corrected chi connectivity index (χ2v) is 9.90. The monoisotopic (exact) mass is 449 g/mol. The Labute approximate surface area is 200 Å². The van der Waals surface area contributed by atoms with Crippen molar-refractivity contribution in [1.29, 1.82) is 0 Å². The molecule has 0 bridgehead atoms. The van der Waals surface area contributed by atoms with Crippen molar-refractivity contribution in [3.63, 3.8) is 0 Å². The summed E-state index contributed by atoms with van der Waals surface area (Å²) in [6.07, 6.45) is 0. The smallest absolute Gasteiger partial charge is 0.0634 e. The van der Waals surface area contributed by atoms with Crippen LogP contribution in [-0.2, 0) is 0 Å². The zero-order valence-electron chi connectivity index (χ0n) is 18.3. The molecule has 0 radical (unpaired) electrons. The highest BCUT2D eigenvalue weighted by molar-refractivity contribution is 7.18. The lowest BCUT2D eigenvalue weighted by Gasteiger charge is -2.11. The maximum Gasteiger partial charge on any atom is 0.0634 e. The minimum atomic E-state index is 1.21. The van der Waals surface area contributed by atoms with Crippen molar-refractivity contribution in [3.8, 4) is 5.69 Å². The van der Waals surface area contributed by atoms with E-state index in [4.69, 9.17) is 0 Å². The fourth-order valence-electron chi connectivity index (χ4n) is 5.76. The van der Waals surface area contributed by atoms with Gasteiger partial charge in [-0.05, 0) is 56.6 Å². The van der Waals surface area contributed by atoms with Gasteiger partial charge in [0.2, 0.25) is 0 Å². The minimum absolute atomic E-state index is 1.21. The van der Waals surface area contributed by atoms with E-state index in [1.807, 2.05) is 11.3 Å². The molecule has 0 spiro atoms. The minimum Gasteiger partial charge on any atom is -0.309 e. The van der Waals surface area contributed by atoms with E-state index >= 15 is 0 Å². The first-order valence-electron chi connectivity index (χ1n) is 11.6. The molecule has 0 N–H and O–H groups in total. The summed E-state index contributed by atoms with van der Waals surface area (Å²) in [6, 6.07) is 40.0. The van der Waals surface area contributed by atoms with Crippen molar-refractivity contribution < 1.29 is 0 Å². The molecule has 0 saturated heterocycles. The van der Waals surface area contributed by atoms with Crippen LogP contribution in [-0.4, -0.2) is 4.57 Å². The number of rotatable bonds is 1.